The minimum Gasteiger partial charge on any atom is -0.272 e. The number of carbonyl (C=O) groups is 2. The minimum absolute atomic E-state index is 0.0864. The number of benzene rings is 2. The molecule has 25 heavy (non-hydrogen) atoms. The lowest BCUT2D eigenvalue weighted by Crippen LogP contribution is -2.42. The predicted molar refractivity (Wildman–Crippen MR) is 96.3 cm³/mol. The fourth-order valence-corrected chi connectivity index (χ4v) is 2.75. The first-order valence-electron chi connectivity index (χ1n) is 7.11. The van der Waals surface area contributed by atoms with Crippen LogP contribution in [-0.2, 0) is 10.5 Å². The number of nitro benzene ring substituents is 1. The zero-order valence-corrected chi connectivity index (χ0v) is 14.5. The molecule has 0 atom stereocenters. The van der Waals surface area contributed by atoms with Crippen molar-refractivity contribution in [3.05, 3.63) is 74.8 Å². The molecule has 0 spiro atoms. The SMILES string of the molecule is O=C(CSCc1ccc(Cl)cc1)NNC(=O)c1cccc([N+](=O)[O-])c1. The molecular formula is C16H14ClN3O4S. The topological polar surface area (TPSA) is 101 Å². The van der Waals surface area contributed by atoms with Gasteiger partial charge in [-0.05, 0) is 23.8 Å². The Kier molecular flexibility index (Phi) is 6.79. The van der Waals surface area contributed by atoms with Gasteiger partial charge in [0.15, 0.2) is 0 Å². The van der Waals surface area contributed by atoms with Crippen LogP contribution in [0.4, 0.5) is 5.69 Å². The normalized spacial score (nSPS) is 10.1. The van der Waals surface area contributed by atoms with Gasteiger partial charge in [-0.25, -0.2) is 0 Å². The monoisotopic (exact) mass is 379 g/mol. The van der Waals surface area contributed by atoms with Crippen molar-refractivity contribution in [2.75, 3.05) is 5.75 Å². The number of nitro groups is 1. The van der Waals surface area contributed by atoms with Crippen LogP contribution in [0.2, 0.25) is 5.02 Å². The summed E-state index contributed by atoms with van der Waals surface area (Å²) < 4.78 is 0. The number of nitrogens with zero attached hydrogens (tertiary/aromatic N) is 1. The molecule has 0 aliphatic rings. The summed E-state index contributed by atoms with van der Waals surface area (Å²) in [6.07, 6.45) is 0. The van der Waals surface area contributed by atoms with E-state index in [9.17, 15) is 19.7 Å². The van der Waals surface area contributed by atoms with Crippen molar-refractivity contribution in [1.29, 1.82) is 0 Å². The first-order chi connectivity index (χ1) is 12.0. The maximum absolute atomic E-state index is 11.9. The number of hydrazine groups is 1. The highest BCUT2D eigenvalue weighted by Gasteiger charge is 2.12. The van der Waals surface area contributed by atoms with Crippen LogP contribution in [0.25, 0.3) is 0 Å². The lowest BCUT2D eigenvalue weighted by Gasteiger charge is -2.07. The number of hydrogen-bond donors (Lipinski definition) is 2. The van der Waals surface area contributed by atoms with Crippen LogP contribution in [-0.4, -0.2) is 22.5 Å². The fraction of sp³-hybridized carbons (Fsp3) is 0.125. The van der Waals surface area contributed by atoms with Gasteiger partial charge in [-0.15, -0.1) is 11.8 Å². The van der Waals surface area contributed by atoms with Crippen LogP contribution in [0.5, 0.6) is 0 Å². The molecule has 2 aromatic carbocycles. The molecule has 0 heterocycles. The van der Waals surface area contributed by atoms with E-state index in [4.69, 9.17) is 11.6 Å². The number of rotatable bonds is 6. The van der Waals surface area contributed by atoms with Crippen molar-refractivity contribution in [3.63, 3.8) is 0 Å². The number of nitrogens with one attached hydrogen (secondary N) is 2. The molecule has 2 N–H and O–H groups in total. The van der Waals surface area contributed by atoms with Crippen LogP contribution >= 0.6 is 23.4 Å². The van der Waals surface area contributed by atoms with E-state index in [1.807, 2.05) is 12.1 Å². The van der Waals surface area contributed by atoms with E-state index >= 15 is 0 Å². The Balaban J connectivity index is 1.75. The van der Waals surface area contributed by atoms with Gasteiger partial charge in [0.2, 0.25) is 5.91 Å². The van der Waals surface area contributed by atoms with Gasteiger partial charge in [0, 0.05) is 28.5 Å². The molecule has 0 bridgehead atoms. The summed E-state index contributed by atoms with van der Waals surface area (Å²) in [6.45, 7) is 0. The van der Waals surface area contributed by atoms with Crippen LogP contribution in [0, 0.1) is 10.1 Å². The summed E-state index contributed by atoms with van der Waals surface area (Å²) >= 11 is 7.17. The third-order valence-electron chi connectivity index (χ3n) is 3.05. The molecule has 0 aliphatic carbocycles. The van der Waals surface area contributed by atoms with Crippen LogP contribution in [0.3, 0.4) is 0 Å². The molecule has 2 aromatic rings. The quantitative estimate of drug-likeness (QED) is 0.593. The Labute approximate surface area is 152 Å². The van der Waals surface area contributed by atoms with Gasteiger partial charge in [0.1, 0.15) is 0 Å². The smallest absolute Gasteiger partial charge is 0.270 e. The van der Waals surface area contributed by atoms with E-state index in [-0.39, 0.29) is 22.9 Å². The Hall–Kier alpha value is -2.58. The average Bonchev–Trinajstić information content (AvgIpc) is 2.61. The fourth-order valence-electron chi connectivity index (χ4n) is 1.84. The van der Waals surface area contributed by atoms with E-state index in [0.29, 0.717) is 10.8 Å². The molecular weight excluding hydrogens is 366 g/mol. The van der Waals surface area contributed by atoms with E-state index in [1.165, 1.54) is 30.0 Å². The molecule has 0 unspecified atom stereocenters. The number of non-ortho nitro benzene ring substituents is 1. The maximum atomic E-state index is 11.9. The number of amides is 2. The molecule has 0 fully saturated rings. The summed E-state index contributed by atoms with van der Waals surface area (Å²) in [4.78, 5) is 33.7. The highest BCUT2D eigenvalue weighted by molar-refractivity contribution is 7.99. The van der Waals surface area contributed by atoms with Crippen LogP contribution in [0.15, 0.2) is 48.5 Å². The van der Waals surface area contributed by atoms with Gasteiger partial charge < -0.3 is 0 Å². The zero-order valence-electron chi connectivity index (χ0n) is 12.9. The van der Waals surface area contributed by atoms with Crippen molar-refractivity contribution < 1.29 is 14.5 Å². The molecule has 0 radical (unpaired) electrons. The van der Waals surface area contributed by atoms with Crippen molar-refractivity contribution in [1.82, 2.24) is 10.9 Å². The van der Waals surface area contributed by atoms with Gasteiger partial charge in [-0.1, -0.05) is 29.8 Å². The predicted octanol–water partition coefficient (Wildman–Crippen LogP) is 2.94. The van der Waals surface area contributed by atoms with Gasteiger partial charge in [-0.3, -0.25) is 30.6 Å². The molecule has 0 saturated heterocycles. The van der Waals surface area contributed by atoms with Crippen molar-refractivity contribution in [3.8, 4) is 0 Å². The molecule has 0 aromatic heterocycles. The van der Waals surface area contributed by atoms with Crippen LogP contribution in [0.1, 0.15) is 15.9 Å². The van der Waals surface area contributed by atoms with Gasteiger partial charge >= 0.3 is 0 Å². The van der Waals surface area contributed by atoms with Gasteiger partial charge in [0.25, 0.3) is 11.6 Å². The Bertz CT molecular complexity index is 783. The van der Waals surface area contributed by atoms with Crippen molar-refractivity contribution in [2.24, 2.45) is 0 Å². The third-order valence-corrected chi connectivity index (χ3v) is 4.31. The second kappa shape index (κ2) is 9.05. The lowest BCUT2D eigenvalue weighted by atomic mass is 10.2. The van der Waals surface area contributed by atoms with Crippen LogP contribution < -0.4 is 10.9 Å². The van der Waals surface area contributed by atoms with E-state index < -0.39 is 10.8 Å². The first-order valence-corrected chi connectivity index (χ1v) is 8.65. The molecule has 9 heteroatoms. The largest absolute Gasteiger partial charge is 0.272 e. The highest BCUT2D eigenvalue weighted by Crippen LogP contribution is 2.15. The average molecular weight is 380 g/mol. The summed E-state index contributed by atoms with van der Waals surface area (Å²) in [5.74, 6) is -0.223. The standard InChI is InChI=1S/C16H14ClN3O4S/c17-13-6-4-11(5-7-13)9-25-10-15(21)18-19-16(22)12-2-1-3-14(8-12)20(23)24/h1-8H,9-10H2,(H,18,21)(H,19,22). The number of thioether (sulfide) groups is 1. The molecule has 2 rings (SSSR count). The minimum atomic E-state index is -0.625. The first kappa shape index (κ1) is 18.8. The molecule has 130 valence electrons. The maximum Gasteiger partial charge on any atom is 0.270 e. The molecule has 0 aliphatic heterocycles. The Morgan fingerprint density at radius 1 is 1.12 bits per heavy atom. The number of carbonyl (C=O) groups excluding carboxylic acids is 2. The van der Waals surface area contributed by atoms with Crippen molar-refractivity contribution in [2.45, 2.75) is 5.75 Å². The summed E-state index contributed by atoms with van der Waals surface area (Å²) in [5, 5.41) is 11.3. The highest BCUT2D eigenvalue weighted by atomic mass is 35.5. The second-order valence-corrected chi connectivity index (χ2v) is 6.35. The number of hydrogen-bond acceptors (Lipinski definition) is 5. The molecule has 0 saturated carbocycles. The summed E-state index contributed by atoms with van der Waals surface area (Å²) in [6, 6.07) is 12.5. The Morgan fingerprint density at radius 2 is 1.84 bits per heavy atom. The zero-order chi connectivity index (χ0) is 18.2. The lowest BCUT2D eigenvalue weighted by molar-refractivity contribution is -0.384. The summed E-state index contributed by atoms with van der Waals surface area (Å²) in [7, 11) is 0. The van der Waals surface area contributed by atoms with E-state index in [0.717, 1.165) is 11.6 Å². The third kappa shape index (κ3) is 6.09. The molecule has 2 amide bonds. The molecule has 7 nitrogen and oxygen atoms in total. The van der Waals surface area contributed by atoms with E-state index in [2.05, 4.69) is 10.9 Å². The summed E-state index contributed by atoms with van der Waals surface area (Å²) in [5.41, 5.74) is 5.42. The van der Waals surface area contributed by atoms with Gasteiger partial charge in [0.05, 0.1) is 10.7 Å². The van der Waals surface area contributed by atoms with Crippen molar-refractivity contribution >= 4 is 40.9 Å². The van der Waals surface area contributed by atoms with E-state index in [1.54, 1.807) is 12.1 Å². The second-order valence-electron chi connectivity index (χ2n) is 4.93. The Morgan fingerprint density at radius 3 is 2.52 bits per heavy atom. The number of halogens is 1. The van der Waals surface area contributed by atoms with Gasteiger partial charge in [-0.2, -0.15) is 0 Å².